The number of carbonyl (C=O) groups is 1. The molecule has 9 heteroatoms. The summed E-state index contributed by atoms with van der Waals surface area (Å²) in [7, 11) is 0. The molecule has 0 unspecified atom stereocenters. The predicted octanol–water partition coefficient (Wildman–Crippen LogP) is 4.98. The van der Waals surface area contributed by atoms with Crippen molar-refractivity contribution in [2.75, 3.05) is 5.32 Å². The van der Waals surface area contributed by atoms with Gasteiger partial charge in [0.1, 0.15) is 12.7 Å². The van der Waals surface area contributed by atoms with Gasteiger partial charge in [0, 0.05) is 5.69 Å². The third-order valence-electron chi connectivity index (χ3n) is 4.86. The van der Waals surface area contributed by atoms with Gasteiger partial charge < -0.3 is 10.1 Å². The average Bonchev–Trinajstić information content (AvgIpc) is 3.26. The number of halogens is 1. The first-order chi connectivity index (χ1) is 16.6. The maximum absolute atomic E-state index is 14.0. The first-order valence-corrected chi connectivity index (χ1v) is 11.3. The molecular formula is C25H20FN5O2S. The fourth-order valence-electron chi connectivity index (χ4n) is 3.15. The molecule has 4 rings (SSSR count). The van der Waals surface area contributed by atoms with Gasteiger partial charge in [-0.2, -0.15) is 5.26 Å². The summed E-state index contributed by atoms with van der Waals surface area (Å²) in [6, 6.07) is 24.4. The van der Waals surface area contributed by atoms with E-state index in [9.17, 15) is 14.4 Å². The summed E-state index contributed by atoms with van der Waals surface area (Å²) >= 11 is 1.22. The number of nitrogens with zero attached hydrogens (tertiary/aromatic N) is 4. The lowest BCUT2D eigenvalue weighted by atomic mass is 10.2. The lowest BCUT2D eigenvalue weighted by Gasteiger charge is -2.14. The fraction of sp³-hybridized carbons (Fsp3) is 0.120. The Morgan fingerprint density at radius 2 is 1.79 bits per heavy atom. The number of nitrogens with one attached hydrogen (secondary N) is 1. The Balaban J connectivity index is 1.56. The monoisotopic (exact) mass is 473 g/mol. The van der Waals surface area contributed by atoms with Crippen LogP contribution in [-0.4, -0.2) is 25.9 Å². The normalized spacial score (nSPS) is 11.4. The minimum absolute atomic E-state index is 0.0144. The summed E-state index contributed by atoms with van der Waals surface area (Å²) in [6.45, 7) is 1.73. The first-order valence-electron chi connectivity index (χ1n) is 10.4. The fourth-order valence-corrected chi connectivity index (χ4v) is 4.03. The van der Waals surface area contributed by atoms with Crippen molar-refractivity contribution in [3.05, 3.63) is 96.1 Å². The lowest BCUT2D eigenvalue weighted by molar-refractivity contribution is -0.115. The number of rotatable bonds is 8. The Morgan fingerprint density at radius 1 is 1.09 bits per heavy atom. The molecule has 0 aliphatic rings. The molecule has 0 fully saturated rings. The third-order valence-corrected chi connectivity index (χ3v) is 5.91. The molecule has 0 radical (unpaired) electrons. The van der Waals surface area contributed by atoms with Gasteiger partial charge in [-0.3, -0.25) is 9.36 Å². The first kappa shape index (κ1) is 23.0. The topological polar surface area (TPSA) is 92.8 Å². The summed E-state index contributed by atoms with van der Waals surface area (Å²) in [5.41, 5.74) is 1.61. The molecule has 1 aromatic heterocycles. The van der Waals surface area contributed by atoms with Crippen LogP contribution < -0.4 is 10.1 Å². The number of amides is 1. The Hall–Kier alpha value is -4.16. The average molecular weight is 474 g/mol. The van der Waals surface area contributed by atoms with Gasteiger partial charge in [-0.25, -0.2) is 4.39 Å². The summed E-state index contributed by atoms with van der Waals surface area (Å²) in [5.74, 6) is -0.173. The second-order valence-corrected chi connectivity index (χ2v) is 8.50. The Morgan fingerprint density at radius 3 is 2.56 bits per heavy atom. The van der Waals surface area contributed by atoms with Crippen LogP contribution in [0.25, 0.3) is 5.69 Å². The molecule has 1 heterocycles. The standard InChI is InChI=1S/C25H20FN5O2S/c1-17(24(32)28-21-13-7-5-9-18(21)15-27)34-25-30-29-23(31(25)19-10-3-2-4-11-19)16-33-22-14-8-6-12-20(22)26/h2-14,17H,16H2,1H3,(H,28,32)/t17-/m1/s1. The zero-order valence-corrected chi connectivity index (χ0v) is 19.0. The van der Waals surface area contributed by atoms with Crippen molar-refractivity contribution in [1.82, 2.24) is 14.8 Å². The molecule has 4 aromatic rings. The van der Waals surface area contributed by atoms with Crippen LogP contribution in [0.15, 0.2) is 84.0 Å². The quantitative estimate of drug-likeness (QED) is 0.363. The van der Waals surface area contributed by atoms with Gasteiger partial charge in [-0.05, 0) is 43.3 Å². The van der Waals surface area contributed by atoms with Gasteiger partial charge in [-0.15, -0.1) is 10.2 Å². The van der Waals surface area contributed by atoms with E-state index in [0.717, 1.165) is 5.69 Å². The van der Waals surface area contributed by atoms with E-state index in [1.54, 1.807) is 54.0 Å². The van der Waals surface area contributed by atoms with Crippen LogP contribution in [-0.2, 0) is 11.4 Å². The smallest absolute Gasteiger partial charge is 0.237 e. The summed E-state index contributed by atoms with van der Waals surface area (Å²) < 4.78 is 21.4. The number of thioether (sulfide) groups is 1. The van der Waals surface area contributed by atoms with Gasteiger partial charge in [-0.1, -0.05) is 54.2 Å². The van der Waals surface area contributed by atoms with Crippen LogP contribution in [0.1, 0.15) is 18.3 Å². The highest BCUT2D eigenvalue weighted by Crippen LogP contribution is 2.28. The molecular weight excluding hydrogens is 453 g/mol. The highest BCUT2D eigenvalue weighted by atomic mass is 32.2. The second-order valence-electron chi connectivity index (χ2n) is 7.20. The van der Waals surface area contributed by atoms with Crippen molar-refractivity contribution in [3.63, 3.8) is 0 Å². The van der Waals surface area contributed by atoms with Crippen molar-refractivity contribution in [2.45, 2.75) is 23.9 Å². The number of hydrogen-bond donors (Lipinski definition) is 1. The summed E-state index contributed by atoms with van der Waals surface area (Å²) in [5, 5.41) is 20.5. The largest absolute Gasteiger partial charge is 0.483 e. The van der Waals surface area contributed by atoms with Crippen molar-refractivity contribution >= 4 is 23.4 Å². The molecule has 0 aliphatic carbocycles. The number of carbonyl (C=O) groups excluding carboxylic acids is 1. The molecule has 1 amide bonds. The van der Waals surface area contributed by atoms with Crippen molar-refractivity contribution < 1.29 is 13.9 Å². The van der Waals surface area contributed by atoms with Gasteiger partial charge in [0.2, 0.25) is 5.91 Å². The van der Waals surface area contributed by atoms with E-state index in [2.05, 4.69) is 21.6 Å². The van der Waals surface area contributed by atoms with Crippen LogP contribution in [0, 0.1) is 17.1 Å². The van der Waals surface area contributed by atoms with Crippen molar-refractivity contribution in [1.29, 1.82) is 5.26 Å². The van der Waals surface area contributed by atoms with Crippen LogP contribution in [0.3, 0.4) is 0 Å². The van der Waals surface area contributed by atoms with Gasteiger partial charge >= 0.3 is 0 Å². The maximum atomic E-state index is 14.0. The van der Waals surface area contributed by atoms with Gasteiger partial charge in [0.15, 0.2) is 22.5 Å². The Bertz CT molecular complexity index is 1340. The number of nitriles is 1. The highest BCUT2D eigenvalue weighted by molar-refractivity contribution is 8.00. The molecule has 0 aliphatic heterocycles. The van der Waals surface area contributed by atoms with Gasteiger partial charge in [0.05, 0.1) is 16.5 Å². The van der Waals surface area contributed by atoms with E-state index in [1.807, 2.05) is 30.3 Å². The Kier molecular flexibility index (Phi) is 7.20. The molecule has 0 saturated heterocycles. The van der Waals surface area contributed by atoms with E-state index in [-0.39, 0.29) is 18.3 Å². The molecule has 34 heavy (non-hydrogen) atoms. The third kappa shape index (κ3) is 5.24. The molecule has 1 N–H and O–H groups in total. The molecule has 0 saturated carbocycles. The minimum Gasteiger partial charge on any atom is -0.483 e. The van der Waals surface area contributed by atoms with Crippen molar-refractivity contribution in [2.24, 2.45) is 0 Å². The molecule has 3 aromatic carbocycles. The SMILES string of the molecule is C[C@@H](Sc1nnc(COc2ccccc2F)n1-c1ccccc1)C(=O)Nc1ccccc1C#N. The van der Waals surface area contributed by atoms with Crippen LogP contribution in [0.5, 0.6) is 5.75 Å². The second kappa shape index (κ2) is 10.6. The number of anilines is 1. The Labute approximate surface area is 200 Å². The molecule has 0 bridgehead atoms. The molecule has 0 spiro atoms. The van der Waals surface area contributed by atoms with E-state index in [0.29, 0.717) is 22.2 Å². The lowest BCUT2D eigenvalue weighted by Crippen LogP contribution is -2.23. The number of benzene rings is 3. The summed E-state index contributed by atoms with van der Waals surface area (Å²) in [6.07, 6.45) is 0. The maximum Gasteiger partial charge on any atom is 0.237 e. The molecule has 170 valence electrons. The molecule has 1 atom stereocenters. The predicted molar refractivity (Wildman–Crippen MR) is 127 cm³/mol. The zero-order chi connectivity index (χ0) is 23.9. The zero-order valence-electron chi connectivity index (χ0n) is 18.2. The number of para-hydroxylation sites is 3. The molecule has 7 nitrogen and oxygen atoms in total. The van der Waals surface area contributed by atoms with E-state index in [4.69, 9.17) is 4.74 Å². The number of aromatic nitrogens is 3. The van der Waals surface area contributed by atoms with Crippen molar-refractivity contribution in [3.8, 4) is 17.5 Å². The number of hydrogen-bond acceptors (Lipinski definition) is 6. The van der Waals surface area contributed by atoms with Gasteiger partial charge in [0.25, 0.3) is 0 Å². The van der Waals surface area contributed by atoms with E-state index >= 15 is 0 Å². The van der Waals surface area contributed by atoms with E-state index in [1.165, 1.54) is 17.8 Å². The number of ether oxygens (including phenoxy) is 1. The van der Waals surface area contributed by atoms with Crippen LogP contribution in [0.4, 0.5) is 10.1 Å². The highest BCUT2D eigenvalue weighted by Gasteiger charge is 2.22. The van der Waals surface area contributed by atoms with Crippen LogP contribution >= 0.6 is 11.8 Å². The summed E-state index contributed by atoms with van der Waals surface area (Å²) in [4.78, 5) is 12.8. The van der Waals surface area contributed by atoms with E-state index < -0.39 is 11.1 Å². The minimum atomic E-state index is -0.543. The van der Waals surface area contributed by atoms with Crippen LogP contribution in [0.2, 0.25) is 0 Å².